The van der Waals surface area contributed by atoms with E-state index < -0.39 is 0 Å². The molecule has 0 aliphatic heterocycles. The third kappa shape index (κ3) is 6.54. The maximum Gasteiger partial charge on any atom is 0.307 e. The minimum Gasteiger partial charge on any atom is -0.466 e. The summed E-state index contributed by atoms with van der Waals surface area (Å²) < 4.78 is 4.93. The van der Waals surface area contributed by atoms with Crippen LogP contribution in [0.2, 0.25) is 0 Å². The summed E-state index contributed by atoms with van der Waals surface area (Å²) in [6.45, 7) is 4.29. The van der Waals surface area contributed by atoms with Gasteiger partial charge in [0.15, 0.2) is 0 Å². The van der Waals surface area contributed by atoms with Gasteiger partial charge in [0.05, 0.1) is 13.0 Å². The van der Waals surface area contributed by atoms with E-state index in [1.54, 1.807) is 6.92 Å². The van der Waals surface area contributed by atoms with E-state index in [-0.39, 0.29) is 18.4 Å². The van der Waals surface area contributed by atoms with Crippen LogP contribution in [0.25, 0.3) is 0 Å². The number of rotatable bonds is 6. The molecule has 4 nitrogen and oxygen atoms in total. The SMILES string of the molecule is CCCCOC(=O)CC(C)N(C)O. The van der Waals surface area contributed by atoms with Crippen LogP contribution >= 0.6 is 0 Å². The van der Waals surface area contributed by atoms with Gasteiger partial charge in [0.25, 0.3) is 0 Å². The van der Waals surface area contributed by atoms with Crippen molar-refractivity contribution >= 4 is 5.97 Å². The Kier molecular flexibility index (Phi) is 6.54. The molecule has 0 aromatic rings. The molecule has 0 radical (unpaired) electrons. The van der Waals surface area contributed by atoms with Gasteiger partial charge in [-0.3, -0.25) is 4.79 Å². The molecule has 0 aliphatic carbocycles. The van der Waals surface area contributed by atoms with Gasteiger partial charge in [-0.05, 0) is 13.3 Å². The fourth-order valence-electron chi connectivity index (χ4n) is 0.763. The van der Waals surface area contributed by atoms with Gasteiger partial charge in [-0.15, -0.1) is 0 Å². The van der Waals surface area contributed by atoms with E-state index in [2.05, 4.69) is 0 Å². The molecule has 0 amide bonds. The fraction of sp³-hybridized carbons (Fsp3) is 0.889. The summed E-state index contributed by atoms with van der Waals surface area (Å²) in [5.74, 6) is -0.248. The number of hydroxylamine groups is 2. The first-order chi connectivity index (χ1) is 6.07. The molecule has 0 heterocycles. The molecule has 0 aromatic carbocycles. The van der Waals surface area contributed by atoms with Gasteiger partial charge in [0.1, 0.15) is 0 Å². The Morgan fingerprint density at radius 2 is 2.23 bits per heavy atom. The van der Waals surface area contributed by atoms with Crippen LogP contribution in [0.5, 0.6) is 0 Å². The minimum atomic E-state index is -0.248. The fourth-order valence-corrected chi connectivity index (χ4v) is 0.763. The number of esters is 1. The number of hydrogen-bond acceptors (Lipinski definition) is 4. The zero-order valence-electron chi connectivity index (χ0n) is 8.62. The number of nitrogens with zero attached hydrogens (tertiary/aromatic N) is 1. The third-order valence-corrected chi connectivity index (χ3v) is 1.86. The summed E-state index contributed by atoms with van der Waals surface area (Å²) in [5.41, 5.74) is 0. The topological polar surface area (TPSA) is 49.8 Å². The molecule has 0 fully saturated rings. The monoisotopic (exact) mass is 189 g/mol. The van der Waals surface area contributed by atoms with E-state index >= 15 is 0 Å². The van der Waals surface area contributed by atoms with Crippen LogP contribution in [-0.4, -0.2) is 35.9 Å². The molecule has 1 unspecified atom stereocenters. The van der Waals surface area contributed by atoms with Crippen LogP contribution < -0.4 is 0 Å². The standard InChI is InChI=1S/C9H19NO3/c1-4-5-6-13-9(11)7-8(2)10(3)12/h8,12H,4-7H2,1-3H3. The summed E-state index contributed by atoms with van der Waals surface area (Å²) in [7, 11) is 1.52. The van der Waals surface area contributed by atoms with E-state index in [0.717, 1.165) is 17.9 Å². The molecule has 0 saturated carbocycles. The van der Waals surface area contributed by atoms with Crippen molar-refractivity contribution < 1.29 is 14.7 Å². The van der Waals surface area contributed by atoms with Crippen LogP contribution in [0.3, 0.4) is 0 Å². The Balaban J connectivity index is 3.50. The van der Waals surface area contributed by atoms with E-state index in [4.69, 9.17) is 9.94 Å². The van der Waals surface area contributed by atoms with Crippen LogP contribution in [0.1, 0.15) is 33.1 Å². The highest BCUT2D eigenvalue weighted by Crippen LogP contribution is 2.00. The predicted octanol–water partition coefficient (Wildman–Crippen LogP) is 1.43. The van der Waals surface area contributed by atoms with Gasteiger partial charge in [-0.1, -0.05) is 13.3 Å². The molecule has 13 heavy (non-hydrogen) atoms. The largest absolute Gasteiger partial charge is 0.466 e. The molecule has 0 aromatic heterocycles. The Morgan fingerprint density at radius 1 is 1.62 bits per heavy atom. The highest BCUT2D eigenvalue weighted by molar-refractivity contribution is 5.69. The van der Waals surface area contributed by atoms with Crippen molar-refractivity contribution in [2.24, 2.45) is 0 Å². The Bertz CT molecular complexity index is 148. The second kappa shape index (κ2) is 6.86. The summed E-state index contributed by atoms with van der Waals surface area (Å²) in [4.78, 5) is 11.1. The highest BCUT2D eigenvalue weighted by Gasteiger charge is 2.12. The molecule has 0 rings (SSSR count). The second-order valence-corrected chi connectivity index (χ2v) is 3.20. The van der Waals surface area contributed by atoms with Crippen molar-refractivity contribution in [3.8, 4) is 0 Å². The first kappa shape index (κ1) is 12.4. The zero-order chi connectivity index (χ0) is 10.3. The Hall–Kier alpha value is -0.610. The lowest BCUT2D eigenvalue weighted by Gasteiger charge is -2.16. The first-order valence-electron chi connectivity index (χ1n) is 4.65. The number of carbonyl (C=O) groups excluding carboxylic acids is 1. The quantitative estimate of drug-likeness (QED) is 0.390. The van der Waals surface area contributed by atoms with Crippen LogP contribution in [0.15, 0.2) is 0 Å². The molecule has 0 bridgehead atoms. The van der Waals surface area contributed by atoms with Crippen LogP contribution in [-0.2, 0) is 9.53 Å². The van der Waals surface area contributed by atoms with Gasteiger partial charge in [-0.25, -0.2) is 0 Å². The molecule has 4 heteroatoms. The first-order valence-corrected chi connectivity index (χ1v) is 4.65. The maximum absolute atomic E-state index is 11.1. The zero-order valence-corrected chi connectivity index (χ0v) is 8.62. The van der Waals surface area contributed by atoms with E-state index in [0.29, 0.717) is 6.61 Å². The molecular weight excluding hydrogens is 170 g/mol. The molecule has 0 saturated heterocycles. The van der Waals surface area contributed by atoms with Gasteiger partial charge < -0.3 is 9.94 Å². The van der Waals surface area contributed by atoms with E-state index in [9.17, 15) is 4.79 Å². The molecule has 0 aliphatic rings. The van der Waals surface area contributed by atoms with Crippen molar-refractivity contribution in [1.82, 2.24) is 5.06 Å². The summed E-state index contributed by atoms with van der Waals surface area (Å²) in [6.07, 6.45) is 2.15. The van der Waals surface area contributed by atoms with Gasteiger partial charge in [0.2, 0.25) is 0 Å². The van der Waals surface area contributed by atoms with Crippen LogP contribution in [0.4, 0.5) is 0 Å². The lowest BCUT2D eigenvalue weighted by Crippen LogP contribution is -2.28. The molecule has 1 atom stereocenters. The average molecular weight is 189 g/mol. The number of hydrogen-bond donors (Lipinski definition) is 1. The summed E-state index contributed by atoms with van der Waals surface area (Å²) in [6, 6.07) is -0.186. The molecular formula is C9H19NO3. The second-order valence-electron chi connectivity index (χ2n) is 3.20. The number of unbranched alkanes of at least 4 members (excludes halogenated alkanes) is 1. The molecule has 1 N–H and O–H groups in total. The van der Waals surface area contributed by atoms with E-state index in [1.807, 2.05) is 6.92 Å². The van der Waals surface area contributed by atoms with Gasteiger partial charge in [-0.2, -0.15) is 5.06 Å². The third-order valence-electron chi connectivity index (χ3n) is 1.86. The smallest absolute Gasteiger partial charge is 0.307 e. The molecule has 0 spiro atoms. The van der Waals surface area contributed by atoms with Gasteiger partial charge in [0, 0.05) is 13.1 Å². The van der Waals surface area contributed by atoms with Crippen LogP contribution in [0, 0.1) is 0 Å². The minimum absolute atomic E-state index is 0.186. The van der Waals surface area contributed by atoms with Crippen molar-refractivity contribution in [3.05, 3.63) is 0 Å². The highest BCUT2D eigenvalue weighted by atomic mass is 16.5. The number of ether oxygens (including phenoxy) is 1. The lowest BCUT2D eigenvalue weighted by atomic mass is 10.2. The Labute approximate surface area is 79.4 Å². The number of carbonyl (C=O) groups is 1. The van der Waals surface area contributed by atoms with Crippen molar-refractivity contribution in [1.29, 1.82) is 0 Å². The lowest BCUT2D eigenvalue weighted by molar-refractivity contribution is -0.151. The predicted molar refractivity (Wildman–Crippen MR) is 49.5 cm³/mol. The Morgan fingerprint density at radius 3 is 2.69 bits per heavy atom. The summed E-state index contributed by atoms with van der Waals surface area (Å²) in [5, 5.41) is 9.98. The van der Waals surface area contributed by atoms with E-state index in [1.165, 1.54) is 7.05 Å². The van der Waals surface area contributed by atoms with Gasteiger partial charge >= 0.3 is 5.97 Å². The van der Waals surface area contributed by atoms with Crippen molar-refractivity contribution in [3.63, 3.8) is 0 Å². The average Bonchev–Trinajstić information content (AvgIpc) is 2.04. The molecule has 78 valence electrons. The normalized spacial score (nSPS) is 13.0. The van der Waals surface area contributed by atoms with Crippen molar-refractivity contribution in [2.75, 3.05) is 13.7 Å². The maximum atomic E-state index is 11.1. The van der Waals surface area contributed by atoms with Crippen molar-refractivity contribution in [2.45, 2.75) is 39.2 Å². The summed E-state index contributed by atoms with van der Waals surface area (Å²) >= 11 is 0.